The van der Waals surface area contributed by atoms with Gasteiger partial charge in [-0.15, -0.1) is 0 Å². The van der Waals surface area contributed by atoms with Crippen molar-refractivity contribution in [2.75, 3.05) is 0 Å². The molecule has 0 aromatic heterocycles. The van der Waals surface area contributed by atoms with E-state index in [4.69, 9.17) is 5.73 Å². The number of fused-ring (bicyclic) bond motifs is 3. The first kappa shape index (κ1) is 27.4. The highest BCUT2D eigenvalue weighted by molar-refractivity contribution is 6.24. The van der Waals surface area contributed by atoms with Gasteiger partial charge in [0.05, 0.1) is 0 Å². The zero-order valence-electron chi connectivity index (χ0n) is 25.4. The number of aryl methyl sites for hydroxylation is 1. The fraction of sp³-hybridized carbons (Fsp3) is 0.0698. The first-order valence-corrected chi connectivity index (χ1v) is 15.3. The van der Waals surface area contributed by atoms with Gasteiger partial charge in [0.25, 0.3) is 0 Å². The zero-order chi connectivity index (χ0) is 30.2. The van der Waals surface area contributed by atoms with E-state index in [1.807, 2.05) is 19.9 Å². The summed E-state index contributed by atoms with van der Waals surface area (Å²) in [6.07, 6.45) is 4.14. The van der Waals surface area contributed by atoms with Crippen molar-refractivity contribution >= 4 is 37.9 Å². The van der Waals surface area contributed by atoms with Crippen LogP contribution in [0.2, 0.25) is 0 Å². The van der Waals surface area contributed by atoms with E-state index in [1.54, 1.807) is 0 Å². The van der Waals surface area contributed by atoms with Crippen LogP contribution in [0.3, 0.4) is 0 Å². The molecule has 7 rings (SSSR count). The average Bonchev–Trinajstić information content (AvgIpc) is 3.06. The molecule has 0 aliphatic heterocycles. The van der Waals surface area contributed by atoms with Crippen LogP contribution in [0.5, 0.6) is 0 Å². The van der Waals surface area contributed by atoms with E-state index in [0.717, 1.165) is 16.8 Å². The van der Waals surface area contributed by atoms with E-state index in [0.29, 0.717) is 0 Å². The van der Waals surface area contributed by atoms with Crippen LogP contribution in [0, 0.1) is 6.92 Å². The van der Waals surface area contributed by atoms with E-state index in [-0.39, 0.29) is 0 Å². The molecule has 0 saturated carbocycles. The van der Waals surface area contributed by atoms with Crippen molar-refractivity contribution in [1.82, 2.24) is 0 Å². The molecule has 0 spiro atoms. The Hall–Kier alpha value is -5.40. The first-order valence-electron chi connectivity index (χ1n) is 15.3. The molecule has 0 atom stereocenters. The van der Waals surface area contributed by atoms with Gasteiger partial charge < -0.3 is 5.73 Å². The van der Waals surface area contributed by atoms with Crippen LogP contribution >= 0.6 is 0 Å². The number of rotatable bonds is 5. The third-order valence-electron chi connectivity index (χ3n) is 8.78. The Morgan fingerprint density at radius 3 is 1.64 bits per heavy atom. The molecule has 212 valence electrons. The van der Waals surface area contributed by atoms with Gasteiger partial charge in [0.1, 0.15) is 0 Å². The minimum atomic E-state index is 0.811. The van der Waals surface area contributed by atoms with Gasteiger partial charge >= 0.3 is 0 Å². The summed E-state index contributed by atoms with van der Waals surface area (Å²) in [5.41, 5.74) is 18.1. The third-order valence-corrected chi connectivity index (χ3v) is 8.78. The van der Waals surface area contributed by atoms with Crippen LogP contribution in [-0.2, 0) is 0 Å². The third kappa shape index (κ3) is 4.58. The highest BCUT2D eigenvalue weighted by Gasteiger charge is 2.19. The number of hydrogen-bond donors (Lipinski definition) is 1. The Morgan fingerprint density at radius 1 is 0.523 bits per heavy atom. The fourth-order valence-corrected chi connectivity index (χ4v) is 6.83. The second-order valence-electron chi connectivity index (χ2n) is 11.5. The van der Waals surface area contributed by atoms with Crippen LogP contribution in [0.4, 0.5) is 0 Å². The molecule has 0 amide bonds. The highest BCUT2D eigenvalue weighted by atomic mass is 14.6. The maximum absolute atomic E-state index is 6.34. The molecule has 0 aliphatic carbocycles. The molecule has 44 heavy (non-hydrogen) atoms. The van der Waals surface area contributed by atoms with E-state index < -0.39 is 0 Å². The predicted molar refractivity (Wildman–Crippen MR) is 192 cm³/mol. The van der Waals surface area contributed by atoms with Gasteiger partial charge in [0.15, 0.2) is 0 Å². The van der Waals surface area contributed by atoms with Crippen LogP contribution in [0.1, 0.15) is 25.0 Å². The van der Waals surface area contributed by atoms with Gasteiger partial charge in [-0.1, -0.05) is 140 Å². The quantitative estimate of drug-likeness (QED) is 0.163. The Bertz CT molecular complexity index is 2200. The summed E-state index contributed by atoms with van der Waals surface area (Å²) >= 11 is 0. The topological polar surface area (TPSA) is 26.0 Å². The van der Waals surface area contributed by atoms with Gasteiger partial charge in [0.2, 0.25) is 0 Å². The summed E-state index contributed by atoms with van der Waals surface area (Å²) in [5.74, 6) is 0. The summed E-state index contributed by atoms with van der Waals surface area (Å²) in [5, 5.41) is 7.51. The van der Waals surface area contributed by atoms with Crippen molar-refractivity contribution in [3.05, 3.63) is 162 Å². The molecule has 7 aromatic carbocycles. The summed E-state index contributed by atoms with van der Waals surface area (Å²) < 4.78 is 0. The molecule has 0 aliphatic rings. The number of nitrogens with two attached hydrogens (primary N) is 1. The number of benzene rings is 7. The molecule has 7 aromatic rings. The van der Waals surface area contributed by atoms with Crippen molar-refractivity contribution in [3.63, 3.8) is 0 Å². The second-order valence-corrected chi connectivity index (χ2v) is 11.5. The molecule has 1 heteroatoms. The highest BCUT2D eigenvalue weighted by Crippen LogP contribution is 2.46. The van der Waals surface area contributed by atoms with Crippen LogP contribution in [0.25, 0.3) is 71.3 Å². The van der Waals surface area contributed by atoms with E-state index >= 15 is 0 Å². The Morgan fingerprint density at radius 2 is 1.02 bits per heavy atom. The van der Waals surface area contributed by atoms with Crippen LogP contribution in [0.15, 0.2) is 151 Å². The number of hydrogen-bond acceptors (Lipinski definition) is 1. The van der Waals surface area contributed by atoms with Crippen molar-refractivity contribution in [2.24, 2.45) is 5.73 Å². The van der Waals surface area contributed by atoms with Gasteiger partial charge in [-0.05, 0) is 109 Å². The lowest BCUT2D eigenvalue weighted by Gasteiger charge is -2.20. The minimum absolute atomic E-state index is 0.811. The molecule has 0 heterocycles. The van der Waals surface area contributed by atoms with Crippen molar-refractivity contribution in [1.29, 1.82) is 0 Å². The van der Waals surface area contributed by atoms with Crippen molar-refractivity contribution in [2.45, 2.75) is 20.8 Å². The monoisotopic (exact) mass is 565 g/mol. The summed E-state index contributed by atoms with van der Waals surface area (Å²) in [4.78, 5) is 0. The summed E-state index contributed by atoms with van der Waals surface area (Å²) in [7, 11) is 0. The Kier molecular flexibility index (Phi) is 7.08. The van der Waals surface area contributed by atoms with Gasteiger partial charge in [-0.25, -0.2) is 0 Å². The maximum atomic E-state index is 6.34. The lowest BCUT2D eigenvalue weighted by atomic mass is 9.83. The predicted octanol–water partition coefficient (Wildman–Crippen LogP) is 11.7. The normalized spacial score (nSPS) is 12.3. The molecular weight excluding hydrogens is 530 g/mol. The summed E-state index contributed by atoms with van der Waals surface area (Å²) in [6, 6.07) is 48.7. The van der Waals surface area contributed by atoms with Crippen LogP contribution in [-0.4, -0.2) is 0 Å². The molecule has 0 unspecified atom stereocenters. The molecular formula is C43H35N. The average molecular weight is 566 g/mol. The van der Waals surface area contributed by atoms with E-state index in [2.05, 4.69) is 146 Å². The maximum Gasteiger partial charge on any atom is 0.0128 e. The van der Waals surface area contributed by atoms with Gasteiger partial charge in [-0.3, -0.25) is 0 Å². The van der Waals surface area contributed by atoms with Gasteiger partial charge in [-0.2, -0.15) is 0 Å². The smallest absolute Gasteiger partial charge is 0.0128 e. The van der Waals surface area contributed by atoms with Crippen molar-refractivity contribution < 1.29 is 0 Å². The lowest BCUT2D eigenvalue weighted by Crippen LogP contribution is -1.97. The summed E-state index contributed by atoms with van der Waals surface area (Å²) in [6.45, 7) is 6.19. The molecule has 1 nitrogen and oxygen atoms in total. The minimum Gasteiger partial charge on any atom is -0.402 e. The second kappa shape index (κ2) is 11.4. The molecule has 2 N–H and O–H groups in total. The SMILES string of the molecule is C/C=C\C(=C(\C)N)c1cccc(-c2c3ccccc3c(-c3cccc4c(-c5ccccc5C)cccc34)c3ccccc23)c1. The lowest BCUT2D eigenvalue weighted by molar-refractivity contribution is 1.32. The number of allylic oxidation sites excluding steroid dienone is 4. The van der Waals surface area contributed by atoms with Gasteiger partial charge in [0, 0.05) is 5.70 Å². The molecule has 0 saturated heterocycles. The van der Waals surface area contributed by atoms with Crippen molar-refractivity contribution in [3.8, 4) is 33.4 Å². The molecule has 0 fully saturated rings. The largest absolute Gasteiger partial charge is 0.402 e. The van der Waals surface area contributed by atoms with Crippen LogP contribution < -0.4 is 5.73 Å². The molecule has 0 radical (unpaired) electrons. The molecule has 0 bridgehead atoms. The zero-order valence-corrected chi connectivity index (χ0v) is 25.4. The Labute approximate surface area is 259 Å². The Balaban J connectivity index is 1.55. The van der Waals surface area contributed by atoms with E-state index in [9.17, 15) is 0 Å². The van der Waals surface area contributed by atoms with E-state index in [1.165, 1.54) is 71.3 Å². The standard InChI is InChI=1S/C43H35N/c1-4-14-33(29(3)44)30-16-11-17-31(27-30)42-38-19-7-9-21-40(38)43(41-22-10-8-20-39(41)42)37-26-13-24-35-34(23-12-25-36(35)37)32-18-6-5-15-28(32)2/h4-27H,44H2,1-3H3/b14-4-,33-29+. The fourth-order valence-electron chi connectivity index (χ4n) is 6.83. The first-order chi connectivity index (χ1) is 21.6.